The standard InChI is InChI=1S/C18H24O6/c1-7-19-13(4)22-16-10-17(23-14(5)20-8-2)12-18(11-16)24-15(6)21-9-3/h7-15H,1-3H2,4-6H3. The van der Waals surface area contributed by atoms with Crippen LogP contribution in [0.15, 0.2) is 56.7 Å². The fourth-order valence-electron chi connectivity index (χ4n) is 1.81. The van der Waals surface area contributed by atoms with E-state index in [9.17, 15) is 0 Å². The zero-order valence-electron chi connectivity index (χ0n) is 14.3. The Morgan fingerprint density at radius 1 is 0.625 bits per heavy atom. The molecule has 0 aliphatic carbocycles. The second-order valence-electron chi connectivity index (χ2n) is 4.60. The topological polar surface area (TPSA) is 55.4 Å². The average molecular weight is 336 g/mol. The van der Waals surface area contributed by atoms with E-state index in [0.717, 1.165) is 0 Å². The van der Waals surface area contributed by atoms with Crippen molar-refractivity contribution >= 4 is 0 Å². The molecule has 0 aliphatic rings. The number of hydrogen-bond donors (Lipinski definition) is 0. The Hall–Kier alpha value is -2.76. The molecular formula is C18H24O6. The quantitative estimate of drug-likeness (QED) is 0.418. The summed E-state index contributed by atoms with van der Waals surface area (Å²) < 4.78 is 32.4. The van der Waals surface area contributed by atoms with Crippen LogP contribution in [-0.4, -0.2) is 18.9 Å². The van der Waals surface area contributed by atoms with E-state index in [2.05, 4.69) is 19.7 Å². The Balaban J connectivity index is 2.96. The van der Waals surface area contributed by atoms with Crippen LogP contribution in [0.2, 0.25) is 0 Å². The van der Waals surface area contributed by atoms with E-state index in [0.29, 0.717) is 17.2 Å². The van der Waals surface area contributed by atoms with Gasteiger partial charge < -0.3 is 28.4 Å². The average Bonchev–Trinajstić information content (AvgIpc) is 2.47. The molecule has 1 aromatic carbocycles. The van der Waals surface area contributed by atoms with Gasteiger partial charge in [0.2, 0.25) is 18.9 Å². The summed E-state index contributed by atoms with van der Waals surface area (Å²) in [5.41, 5.74) is 0. The van der Waals surface area contributed by atoms with Crippen LogP contribution in [0.25, 0.3) is 0 Å². The van der Waals surface area contributed by atoms with Crippen molar-refractivity contribution in [1.82, 2.24) is 0 Å². The van der Waals surface area contributed by atoms with Gasteiger partial charge in [0.15, 0.2) is 0 Å². The minimum atomic E-state index is -0.519. The van der Waals surface area contributed by atoms with Gasteiger partial charge in [-0.1, -0.05) is 19.7 Å². The third-order valence-electron chi connectivity index (χ3n) is 2.62. The lowest BCUT2D eigenvalue weighted by molar-refractivity contribution is -0.0226. The van der Waals surface area contributed by atoms with E-state index in [4.69, 9.17) is 28.4 Å². The van der Waals surface area contributed by atoms with Gasteiger partial charge in [-0.15, -0.1) is 0 Å². The second kappa shape index (κ2) is 10.1. The van der Waals surface area contributed by atoms with Crippen LogP contribution in [-0.2, 0) is 14.2 Å². The summed E-state index contributed by atoms with van der Waals surface area (Å²) in [7, 11) is 0. The first-order valence-corrected chi connectivity index (χ1v) is 7.42. The molecule has 0 amide bonds. The Morgan fingerprint density at radius 3 is 1.08 bits per heavy atom. The molecule has 0 fully saturated rings. The summed E-state index contributed by atoms with van der Waals surface area (Å²) in [4.78, 5) is 0. The maximum Gasteiger partial charge on any atom is 0.237 e. The molecule has 6 heteroatoms. The lowest BCUT2D eigenvalue weighted by Crippen LogP contribution is -2.16. The maximum atomic E-state index is 5.64. The van der Waals surface area contributed by atoms with Gasteiger partial charge in [0.1, 0.15) is 17.2 Å². The molecule has 0 radical (unpaired) electrons. The number of rotatable bonds is 12. The number of ether oxygens (including phenoxy) is 6. The molecule has 0 heterocycles. The summed E-state index contributed by atoms with van der Waals surface area (Å²) in [6.45, 7) is 15.7. The third kappa shape index (κ3) is 7.00. The lowest BCUT2D eigenvalue weighted by Gasteiger charge is -2.19. The zero-order valence-corrected chi connectivity index (χ0v) is 14.3. The van der Waals surface area contributed by atoms with E-state index in [1.54, 1.807) is 39.0 Å². The van der Waals surface area contributed by atoms with Crippen LogP contribution in [0.1, 0.15) is 20.8 Å². The molecule has 24 heavy (non-hydrogen) atoms. The van der Waals surface area contributed by atoms with E-state index < -0.39 is 18.9 Å². The van der Waals surface area contributed by atoms with Crippen molar-refractivity contribution in [3.8, 4) is 17.2 Å². The molecule has 3 atom stereocenters. The zero-order chi connectivity index (χ0) is 17.9. The molecule has 3 unspecified atom stereocenters. The van der Waals surface area contributed by atoms with Crippen LogP contribution in [0.5, 0.6) is 17.2 Å². The minimum Gasteiger partial charge on any atom is -0.463 e. The van der Waals surface area contributed by atoms with Crippen molar-refractivity contribution in [3.05, 3.63) is 56.7 Å². The largest absolute Gasteiger partial charge is 0.463 e. The van der Waals surface area contributed by atoms with E-state index in [1.807, 2.05) is 0 Å². The normalized spacial score (nSPS) is 13.6. The predicted molar refractivity (Wildman–Crippen MR) is 90.6 cm³/mol. The lowest BCUT2D eigenvalue weighted by atomic mass is 10.3. The molecule has 0 aliphatic heterocycles. The highest BCUT2D eigenvalue weighted by Crippen LogP contribution is 2.30. The molecule has 0 spiro atoms. The molecule has 1 rings (SSSR count). The van der Waals surface area contributed by atoms with E-state index in [-0.39, 0.29) is 0 Å². The van der Waals surface area contributed by atoms with Gasteiger partial charge in [-0.05, 0) is 0 Å². The summed E-state index contributed by atoms with van der Waals surface area (Å²) in [6, 6.07) is 5.08. The number of hydrogen-bond acceptors (Lipinski definition) is 6. The molecule has 0 saturated carbocycles. The van der Waals surface area contributed by atoms with Crippen LogP contribution < -0.4 is 14.2 Å². The smallest absolute Gasteiger partial charge is 0.237 e. The van der Waals surface area contributed by atoms with E-state index >= 15 is 0 Å². The molecular weight excluding hydrogens is 312 g/mol. The first kappa shape index (κ1) is 19.3. The van der Waals surface area contributed by atoms with Crippen LogP contribution in [0.3, 0.4) is 0 Å². The summed E-state index contributed by atoms with van der Waals surface area (Å²) in [5, 5.41) is 0. The highest BCUT2D eigenvalue weighted by atomic mass is 16.7. The van der Waals surface area contributed by atoms with Gasteiger partial charge in [-0.3, -0.25) is 0 Å². The van der Waals surface area contributed by atoms with Gasteiger partial charge in [-0.25, -0.2) is 0 Å². The Labute approximate surface area is 142 Å². The maximum absolute atomic E-state index is 5.64. The van der Waals surface area contributed by atoms with Crippen LogP contribution in [0.4, 0.5) is 0 Å². The Morgan fingerprint density at radius 2 is 0.875 bits per heavy atom. The third-order valence-corrected chi connectivity index (χ3v) is 2.62. The van der Waals surface area contributed by atoms with Gasteiger partial charge >= 0.3 is 0 Å². The minimum absolute atomic E-state index is 0.494. The fourth-order valence-corrected chi connectivity index (χ4v) is 1.81. The molecule has 6 nitrogen and oxygen atoms in total. The summed E-state index contributed by atoms with van der Waals surface area (Å²) in [5.74, 6) is 1.48. The van der Waals surface area contributed by atoms with Crippen molar-refractivity contribution in [2.24, 2.45) is 0 Å². The molecule has 1 aromatic rings. The summed E-state index contributed by atoms with van der Waals surface area (Å²) >= 11 is 0. The molecule has 0 N–H and O–H groups in total. The summed E-state index contributed by atoms with van der Waals surface area (Å²) in [6.07, 6.45) is 2.37. The molecule has 0 saturated heterocycles. The molecule has 132 valence electrons. The molecule has 0 aromatic heterocycles. The van der Waals surface area contributed by atoms with Crippen LogP contribution in [0, 0.1) is 0 Å². The molecule has 0 bridgehead atoms. The first-order chi connectivity index (χ1) is 11.5. The van der Waals surface area contributed by atoms with Gasteiger partial charge in [0, 0.05) is 39.0 Å². The predicted octanol–water partition coefficient (Wildman–Crippen LogP) is 4.34. The van der Waals surface area contributed by atoms with Crippen molar-refractivity contribution in [1.29, 1.82) is 0 Å². The second-order valence-corrected chi connectivity index (χ2v) is 4.60. The Bertz CT molecular complexity index is 454. The highest BCUT2D eigenvalue weighted by Gasteiger charge is 2.12. The monoisotopic (exact) mass is 336 g/mol. The van der Waals surface area contributed by atoms with Gasteiger partial charge in [0.25, 0.3) is 0 Å². The van der Waals surface area contributed by atoms with Gasteiger partial charge in [0.05, 0.1) is 18.8 Å². The van der Waals surface area contributed by atoms with Crippen molar-refractivity contribution < 1.29 is 28.4 Å². The van der Waals surface area contributed by atoms with Gasteiger partial charge in [-0.2, -0.15) is 0 Å². The SMILES string of the molecule is C=COC(C)Oc1cc(OC(C)OC=C)cc(OC(C)OC=C)c1. The van der Waals surface area contributed by atoms with Crippen molar-refractivity contribution in [2.45, 2.75) is 39.6 Å². The first-order valence-electron chi connectivity index (χ1n) is 7.42. The Kier molecular flexibility index (Phi) is 8.11. The fraction of sp³-hybridized carbons (Fsp3) is 0.333. The van der Waals surface area contributed by atoms with E-state index in [1.165, 1.54) is 18.8 Å². The van der Waals surface area contributed by atoms with Crippen molar-refractivity contribution in [2.75, 3.05) is 0 Å². The van der Waals surface area contributed by atoms with Crippen LogP contribution >= 0.6 is 0 Å². The highest BCUT2D eigenvalue weighted by molar-refractivity contribution is 5.42. The van der Waals surface area contributed by atoms with Crippen molar-refractivity contribution in [3.63, 3.8) is 0 Å². The number of benzene rings is 1.